The third-order valence-electron chi connectivity index (χ3n) is 4.74. The SMILES string of the molecule is CC(C)CNC(=O)[C@@H]1CC(=O)N(c2ccc(OCc3ccc(Cl)cc3Cl)cc2)C1. The van der Waals surface area contributed by atoms with E-state index in [0.717, 1.165) is 11.3 Å². The molecule has 1 aliphatic rings. The lowest BCUT2D eigenvalue weighted by Gasteiger charge is -2.17. The van der Waals surface area contributed by atoms with E-state index >= 15 is 0 Å². The highest BCUT2D eigenvalue weighted by Gasteiger charge is 2.35. The molecule has 2 amide bonds. The standard InChI is InChI=1S/C22H24Cl2N2O3/c1-14(2)11-25-22(28)16-9-21(27)26(12-16)18-5-7-19(8-6-18)29-13-15-3-4-17(23)10-20(15)24/h3-8,10,14,16H,9,11-13H2,1-2H3,(H,25,28)/t16-/m1/s1. The Balaban J connectivity index is 1.58. The quantitative estimate of drug-likeness (QED) is 0.686. The Labute approximate surface area is 180 Å². The molecule has 1 atom stereocenters. The van der Waals surface area contributed by atoms with Crippen molar-refractivity contribution in [1.82, 2.24) is 5.32 Å². The molecule has 154 valence electrons. The molecule has 1 saturated heterocycles. The first-order valence-corrected chi connectivity index (χ1v) is 10.3. The van der Waals surface area contributed by atoms with Crippen LogP contribution in [0.3, 0.4) is 0 Å². The monoisotopic (exact) mass is 434 g/mol. The van der Waals surface area contributed by atoms with Crippen molar-refractivity contribution in [2.24, 2.45) is 11.8 Å². The molecule has 0 bridgehead atoms. The molecule has 0 spiro atoms. The zero-order valence-corrected chi connectivity index (χ0v) is 18.0. The topological polar surface area (TPSA) is 58.6 Å². The molecule has 3 rings (SSSR count). The minimum absolute atomic E-state index is 0.0451. The van der Waals surface area contributed by atoms with E-state index in [0.29, 0.717) is 41.4 Å². The van der Waals surface area contributed by atoms with Crippen LogP contribution in [0, 0.1) is 11.8 Å². The number of benzene rings is 2. The average Bonchev–Trinajstić information content (AvgIpc) is 3.07. The van der Waals surface area contributed by atoms with Crippen LogP contribution in [0.1, 0.15) is 25.8 Å². The van der Waals surface area contributed by atoms with E-state index in [1.807, 2.05) is 32.0 Å². The van der Waals surface area contributed by atoms with E-state index in [4.69, 9.17) is 27.9 Å². The van der Waals surface area contributed by atoms with Gasteiger partial charge in [0.25, 0.3) is 0 Å². The molecule has 1 aliphatic heterocycles. The summed E-state index contributed by atoms with van der Waals surface area (Å²) in [6, 6.07) is 12.5. The van der Waals surface area contributed by atoms with Crippen LogP contribution in [0.2, 0.25) is 10.0 Å². The summed E-state index contributed by atoms with van der Waals surface area (Å²) in [7, 11) is 0. The predicted molar refractivity (Wildman–Crippen MR) is 116 cm³/mol. The summed E-state index contributed by atoms with van der Waals surface area (Å²) in [6.07, 6.45) is 0.233. The number of nitrogens with one attached hydrogen (secondary N) is 1. The minimum atomic E-state index is -0.316. The second-order valence-electron chi connectivity index (χ2n) is 7.56. The maximum Gasteiger partial charge on any atom is 0.227 e. The summed E-state index contributed by atoms with van der Waals surface area (Å²) in [6.45, 7) is 5.40. The highest BCUT2D eigenvalue weighted by atomic mass is 35.5. The van der Waals surface area contributed by atoms with E-state index in [-0.39, 0.29) is 24.2 Å². The fourth-order valence-electron chi connectivity index (χ4n) is 3.10. The van der Waals surface area contributed by atoms with Crippen LogP contribution in [0.5, 0.6) is 5.75 Å². The Morgan fingerprint density at radius 1 is 1.21 bits per heavy atom. The zero-order valence-electron chi connectivity index (χ0n) is 16.5. The van der Waals surface area contributed by atoms with Gasteiger partial charge in [0, 0.05) is 40.8 Å². The van der Waals surface area contributed by atoms with Crippen molar-refractivity contribution in [2.45, 2.75) is 26.9 Å². The molecular formula is C22H24Cl2N2O3. The van der Waals surface area contributed by atoms with Crippen molar-refractivity contribution in [3.05, 3.63) is 58.1 Å². The van der Waals surface area contributed by atoms with Gasteiger partial charge in [-0.1, -0.05) is 43.1 Å². The van der Waals surface area contributed by atoms with E-state index < -0.39 is 0 Å². The van der Waals surface area contributed by atoms with Gasteiger partial charge >= 0.3 is 0 Å². The van der Waals surface area contributed by atoms with Crippen molar-refractivity contribution in [2.75, 3.05) is 18.0 Å². The van der Waals surface area contributed by atoms with Gasteiger partial charge in [-0.2, -0.15) is 0 Å². The minimum Gasteiger partial charge on any atom is -0.489 e. The zero-order chi connectivity index (χ0) is 21.0. The average molecular weight is 435 g/mol. The molecule has 7 heteroatoms. The van der Waals surface area contributed by atoms with Crippen LogP contribution in [0.15, 0.2) is 42.5 Å². The van der Waals surface area contributed by atoms with Crippen LogP contribution in [0.4, 0.5) is 5.69 Å². The van der Waals surface area contributed by atoms with Gasteiger partial charge in [0.05, 0.1) is 5.92 Å². The van der Waals surface area contributed by atoms with Gasteiger partial charge in [-0.3, -0.25) is 9.59 Å². The largest absolute Gasteiger partial charge is 0.489 e. The number of carbonyl (C=O) groups excluding carboxylic acids is 2. The Bertz CT molecular complexity index is 884. The Morgan fingerprint density at radius 3 is 2.59 bits per heavy atom. The molecule has 2 aromatic rings. The van der Waals surface area contributed by atoms with Crippen molar-refractivity contribution in [3.63, 3.8) is 0 Å². The summed E-state index contributed by atoms with van der Waals surface area (Å²) < 4.78 is 5.78. The van der Waals surface area contributed by atoms with E-state index in [1.54, 1.807) is 29.2 Å². The number of hydrogen-bond acceptors (Lipinski definition) is 3. The summed E-state index contributed by atoms with van der Waals surface area (Å²) in [5, 5.41) is 4.04. The van der Waals surface area contributed by atoms with Crippen LogP contribution < -0.4 is 15.0 Å². The van der Waals surface area contributed by atoms with E-state index in [2.05, 4.69) is 5.32 Å². The molecule has 0 radical (unpaired) electrons. The summed E-state index contributed by atoms with van der Waals surface area (Å²) in [4.78, 5) is 26.3. The lowest BCUT2D eigenvalue weighted by molar-refractivity contribution is -0.126. The van der Waals surface area contributed by atoms with Crippen molar-refractivity contribution >= 4 is 40.7 Å². The van der Waals surface area contributed by atoms with Crippen LogP contribution >= 0.6 is 23.2 Å². The van der Waals surface area contributed by atoms with Crippen LogP contribution in [0.25, 0.3) is 0 Å². The number of anilines is 1. The second-order valence-corrected chi connectivity index (χ2v) is 8.41. The number of amides is 2. The molecule has 0 aliphatic carbocycles. The molecule has 1 fully saturated rings. The van der Waals surface area contributed by atoms with Crippen molar-refractivity contribution in [1.29, 1.82) is 0 Å². The highest BCUT2D eigenvalue weighted by molar-refractivity contribution is 6.35. The van der Waals surface area contributed by atoms with Crippen molar-refractivity contribution in [3.8, 4) is 5.75 Å². The molecular weight excluding hydrogens is 411 g/mol. The van der Waals surface area contributed by atoms with Gasteiger partial charge in [-0.15, -0.1) is 0 Å². The molecule has 1 heterocycles. The normalized spacial score (nSPS) is 16.4. The first-order chi connectivity index (χ1) is 13.8. The first kappa shape index (κ1) is 21.5. The fraction of sp³-hybridized carbons (Fsp3) is 0.364. The molecule has 1 N–H and O–H groups in total. The molecule has 0 aromatic heterocycles. The fourth-order valence-corrected chi connectivity index (χ4v) is 3.57. The number of ether oxygens (including phenoxy) is 1. The Kier molecular flexibility index (Phi) is 7.04. The predicted octanol–water partition coefficient (Wildman–Crippen LogP) is 4.70. The highest BCUT2D eigenvalue weighted by Crippen LogP contribution is 2.28. The number of nitrogens with zero attached hydrogens (tertiary/aromatic N) is 1. The van der Waals surface area contributed by atoms with Crippen LogP contribution in [-0.4, -0.2) is 24.9 Å². The number of rotatable bonds is 7. The molecule has 5 nitrogen and oxygen atoms in total. The molecule has 2 aromatic carbocycles. The first-order valence-electron chi connectivity index (χ1n) is 9.58. The van der Waals surface area contributed by atoms with Gasteiger partial charge in [0.1, 0.15) is 12.4 Å². The third-order valence-corrected chi connectivity index (χ3v) is 5.33. The molecule has 29 heavy (non-hydrogen) atoms. The summed E-state index contributed by atoms with van der Waals surface area (Å²) in [5.41, 5.74) is 1.59. The van der Waals surface area contributed by atoms with E-state index in [1.165, 1.54) is 0 Å². The lowest BCUT2D eigenvalue weighted by atomic mass is 10.1. The lowest BCUT2D eigenvalue weighted by Crippen LogP contribution is -2.34. The van der Waals surface area contributed by atoms with Gasteiger partial charge in [-0.05, 0) is 42.3 Å². The summed E-state index contributed by atoms with van der Waals surface area (Å²) >= 11 is 12.1. The number of halogens is 2. The van der Waals surface area contributed by atoms with Gasteiger partial charge in [0.15, 0.2) is 0 Å². The number of carbonyl (C=O) groups is 2. The van der Waals surface area contributed by atoms with Gasteiger partial charge in [0.2, 0.25) is 11.8 Å². The molecule has 0 unspecified atom stereocenters. The molecule has 0 saturated carbocycles. The Hall–Kier alpha value is -2.24. The van der Waals surface area contributed by atoms with Crippen molar-refractivity contribution < 1.29 is 14.3 Å². The maximum atomic E-state index is 12.4. The van der Waals surface area contributed by atoms with Gasteiger partial charge < -0.3 is 15.0 Å². The smallest absolute Gasteiger partial charge is 0.227 e. The van der Waals surface area contributed by atoms with Gasteiger partial charge in [-0.25, -0.2) is 0 Å². The maximum absolute atomic E-state index is 12.4. The summed E-state index contributed by atoms with van der Waals surface area (Å²) in [5.74, 6) is 0.620. The Morgan fingerprint density at radius 2 is 1.93 bits per heavy atom. The third kappa shape index (κ3) is 5.64. The van der Waals surface area contributed by atoms with E-state index in [9.17, 15) is 9.59 Å². The van der Waals surface area contributed by atoms with Crippen LogP contribution in [-0.2, 0) is 16.2 Å². The number of hydrogen-bond donors (Lipinski definition) is 1. The second kappa shape index (κ2) is 9.51.